The van der Waals surface area contributed by atoms with Gasteiger partial charge in [-0.1, -0.05) is 54.9 Å². The van der Waals surface area contributed by atoms with Crippen LogP contribution in [0.1, 0.15) is 47.6 Å². The molecule has 1 atom stereocenters. The fraction of sp³-hybridized carbons (Fsp3) is 0.300. The Balaban J connectivity index is 1.92. The molecule has 27 heavy (non-hydrogen) atoms. The Bertz CT molecular complexity index is 910. The van der Waals surface area contributed by atoms with Gasteiger partial charge in [0, 0.05) is 6.04 Å². The summed E-state index contributed by atoms with van der Waals surface area (Å²) in [6.45, 7) is 0. The van der Waals surface area contributed by atoms with E-state index in [0.29, 0.717) is 5.03 Å². The highest BCUT2D eigenvalue weighted by Gasteiger charge is 2.27. The number of nitrogens with one attached hydrogen (secondary N) is 1. The van der Waals surface area contributed by atoms with Gasteiger partial charge in [0.2, 0.25) is 5.91 Å². The Hall–Kier alpha value is -3.03. The third kappa shape index (κ3) is 4.39. The molecule has 7 heteroatoms. The molecule has 1 fully saturated rings. The van der Waals surface area contributed by atoms with Crippen molar-refractivity contribution in [2.45, 2.75) is 42.0 Å². The van der Waals surface area contributed by atoms with Crippen LogP contribution in [-0.4, -0.2) is 16.9 Å². The molecule has 3 N–H and O–H groups in total. The van der Waals surface area contributed by atoms with Gasteiger partial charge in [-0.2, -0.15) is 10.5 Å². The van der Waals surface area contributed by atoms with Gasteiger partial charge in [-0.15, -0.1) is 0 Å². The van der Waals surface area contributed by atoms with Crippen LogP contribution in [0.4, 0.5) is 5.82 Å². The highest BCUT2D eigenvalue weighted by Crippen LogP contribution is 2.37. The summed E-state index contributed by atoms with van der Waals surface area (Å²) in [4.78, 5) is 17.2. The maximum Gasteiger partial charge on any atom is 0.238 e. The minimum Gasteiger partial charge on any atom is -0.383 e. The topological polar surface area (TPSA) is 116 Å². The average Bonchev–Trinajstić information content (AvgIpc) is 3.19. The highest BCUT2D eigenvalue weighted by atomic mass is 32.2. The Morgan fingerprint density at radius 2 is 1.85 bits per heavy atom. The molecule has 1 aromatic heterocycles. The molecule has 6 nitrogen and oxygen atoms in total. The molecular formula is C20H19N5OS. The van der Waals surface area contributed by atoms with E-state index in [4.69, 9.17) is 11.0 Å². The van der Waals surface area contributed by atoms with Crippen LogP contribution in [0.25, 0.3) is 0 Å². The highest BCUT2D eigenvalue weighted by molar-refractivity contribution is 8.00. The van der Waals surface area contributed by atoms with Crippen LogP contribution in [-0.2, 0) is 4.79 Å². The second kappa shape index (κ2) is 8.57. The zero-order valence-electron chi connectivity index (χ0n) is 14.7. The third-order valence-corrected chi connectivity index (χ3v) is 5.79. The summed E-state index contributed by atoms with van der Waals surface area (Å²) in [6.07, 6.45) is 4.23. The molecular weight excluding hydrogens is 358 g/mol. The van der Waals surface area contributed by atoms with E-state index < -0.39 is 5.25 Å². The van der Waals surface area contributed by atoms with E-state index in [1.54, 1.807) is 0 Å². The molecule has 1 saturated carbocycles. The van der Waals surface area contributed by atoms with Crippen molar-refractivity contribution < 1.29 is 4.79 Å². The van der Waals surface area contributed by atoms with Gasteiger partial charge in [0.15, 0.2) is 0 Å². The van der Waals surface area contributed by atoms with Crippen LogP contribution in [0.2, 0.25) is 0 Å². The number of anilines is 1. The van der Waals surface area contributed by atoms with Gasteiger partial charge >= 0.3 is 0 Å². The Labute approximate surface area is 162 Å². The summed E-state index contributed by atoms with van der Waals surface area (Å²) >= 11 is 1.18. The quantitative estimate of drug-likeness (QED) is 0.772. The maximum atomic E-state index is 13.0. The number of pyridine rings is 1. The molecule has 0 radical (unpaired) electrons. The number of carbonyl (C=O) groups is 1. The molecule has 2 aromatic rings. The molecule has 1 heterocycles. The summed E-state index contributed by atoms with van der Waals surface area (Å²) in [5.74, 6) is -0.0475. The van der Waals surface area contributed by atoms with Gasteiger partial charge < -0.3 is 11.1 Å². The van der Waals surface area contributed by atoms with Gasteiger partial charge in [0.25, 0.3) is 0 Å². The number of hydrogen-bond donors (Lipinski definition) is 2. The van der Waals surface area contributed by atoms with Gasteiger partial charge in [-0.05, 0) is 24.5 Å². The number of nitrogens with two attached hydrogens (primary N) is 1. The van der Waals surface area contributed by atoms with E-state index in [9.17, 15) is 10.1 Å². The summed E-state index contributed by atoms with van der Waals surface area (Å²) < 4.78 is 0. The van der Waals surface area contributed by atoms with Crippen LogP contribution >= 0.6 is 11.8 Å². The molecule has 1 aliphatic rings. The number of benzene rings is 1. The third-order valence-electron chi connectivity index (χ3n) is 4.53. The largest absolute Gasteiger partial charge is 0.383 e. The molecule has 3 rings (SSSR count). The van der Waals surface area contributed by atoms with Gasteiger partial charge in [-0.3, -0.25) is 4.79 Å². The number of hydrogen-bond acceptors (Lipinski definition) is 6. The molecule has 0 unspecified atom stereocenters. The number of nitriles is 2. The van der Waals surface area contributed by atoms with Crippen molar-refractivity contribution in [2.24, 2.45) is 0 Å². The Kier molecular flexibility index (Phi) is 5.95. The van der Waals surface area contributed by atoms with Crippen molar-refractivity contribution in [3.05, 3.63) is 53.1 Å². The lowest BCUT2D eigenvalue weighted by Crippen LogP contribution is -2.35. The fourth-order valence-electron chi connectivity index (χ4n) is 3.13. The molecule has 0 saturated heterocycles. The van der Waals surface area contributed by atoms with Crippen LogP contribution in [0.3, 0.4) is 0 Å². The first kappa shape index (κ1) is 18.8. The first-order chi connectivity index (χ1) is 13.1. The summed E-state index contributed by atoms with van der Waals surface area (Å²) in [5, 5.41) is 21.4. The minimum absolute atomic E-state index is 0.0574. The molecule has 0 spiro atoms. The predicted octanol–water partition coefficient (Wildman–Crippen LogP) is 3.30. The van der Waals surface area contributed by atoms with Crippen LogP contribution in [0.15, 0.2) is 41.4 Å². The SMILES string of the molecule is N#Cc1cc(C#N)c(S[C@H](C(=O)NC2CCCC2)c2ccccc2)nc1N. The summed E-state index contributed by atoms with van der Waals surface area (Å²) in [6, 6.07) is 15.0. The van der Waals surface area contributed by atoms with Crippen molar-refractivity contribution in [2.75, 3.05) is 5.73 Å². The van der Waals surface area contributed by atoms with Crippen LogP contribution in [0.5, 0.6) is 0 Å². The molecule has 136 valence electrons. The second-order valence-electron chi connectivity index (χ2n) is 6.40. The number of amides is 1. The maximum absolute atomic E-state index is 13.0. The first-order valence-electron chi connectivity index (χ1n) is 8.75. The molecule has 0 bridgehead atoms. The van der Waals surface area contributed by atoms with Gasteiger partial charge in [-0.25, -0.2) is 4.98 Å². The van der Waals surface area contributed by atoms with E-state index in [1.807, 2.05) is 42.5 Å². The van der Waals surface area contributed by atoms with Crippen LogP contribution < -0.4 is 11.1 Å². The predicted molar refractivity (Wildman–Crippen MR) is 104 cm³/mol. The first-order valence-corrected chi connectivity index (χ1v) is 9.63. The van der Waals surface area contributed by atoms with E-state index in [-0.39, 0.29) is 28.9 Å². The van der Waals surface area contributed by atoms with Crippen molar-refractivity contribution >= 4 is 23.5 Å². The second-order valence-corrected chi connectivity index (χ2v) is 7.49. The van der Waals surface area contributed by atoms with E-state index >= 15 is 0 Å². The lowest BCUT2D eigenvalue weighted by molar-refractivity contribution is -0.121. The Morgan fingerprint density at radius 3 is 2.48 bits per heavy atom. The minimum atomic E-state index is -0.557. The molecule has 1 aromatic carbocycles. The summed E-state index contributed by atoms with van der Waals surface area (Å²) in [5.41, 5.74) is 7.04. The van der Waals surface area contributed by atoms with E-state index in [0.717, 1.165) is 31.2 Å². The fourth-order valence-corrected chi connectivity index (χ4v) is 4.20. The van der Waals surface area contributed by atoms with Gasteiger partial charge in [0.1, 0.15) is 28.2 Å². The number of thioether (sulfide) groups is 1. The number of nitrogens with zero attached hydrogens (tertiary/aromatic N) is 3. The molecule has 0 aliphatic heterocycles. The van der Waals surface area contributed by atoms with Gasteiger partial charge in [0.05, 0.1) is 11.1 Å². The number of aromatic nitrogens is 1. The van der Waals surface area contributed by atoms with E-state index in [2.05, 4.69) is 10.3 Å². The molecule has 1 aliphatic carbocycles. The number of carbonyl (C=O) groups excluding carboxylic acids is 1. The monoisotopic (exact) mass is 377 g/mol. The Morgan fingerprint density at radius 1 is 1.19 bits per heavy atom. The lowest BCUT2D eigenvalue weighted by atomic mass is 10.1. The van der Waals surface area contributed by atoms with Crippen molar-refractivity contribution in [1.29, 1.82) is 10.5 Å². The number of rotatable bonds is 5. The van der Waals surface area contributed by atoms with Crippen molar-refractivity contribution in [3.63, 3.8) is 0 Å². The van der Waals surface area contributed by atoms with Crippen molar-refractivity contribution in [3.8, 4) is 12.1 Å². The summed E-state index contributed by atoms with van der Waals surface area (Å²) in [7, 11) is 0. The zero-order valence-corrected chi connectivity index (χ0v) is 15.5. The average molecular weight is 377 g/mol. The standard InChI is InChI=1S/C20H19N5OS/c21-11-14-10-15(12-22)20(25-18(14)23)27-17(13-6-2-1-3-7-13)19(26)24-16-8-4-5-9-16/h1-3,6-7,10,16-17H,4-5,8-9H2,(H2,23,25)(H,24,26)/t17-/m0/s1. The zero-order chi connectivity index (χ0) is 19.2. The van der Waals surface area contributed by atoms with Crippen LogP contribution in [0, 0.1) is 22.7 Å². The smallest absolute Gasteiger partial charge is 0.238 e. The number of nitrogen functional groups attached to an aromatic ring is 1. The van der Waals surface area contributed by atoms with Crippen molar-refractivity contribution in [1.82, 2.24) is 10.3 Å². The normalized spacial score (nSPS) is 14.9. The van der Waals surface area contributed by atoms with E-state index in [1.165, 1.54) is 17.8 Å². The molecule has 1 amide bonds. The lowest BCUT2D eigenvalue weighted by Gasteiger charge is -2.20.